The van der Waals surface area contributed by atoms with Crippen LogP contribution in [0.5, 0.6) is 0 Å². The summed E-state index contributed by atoms with van der Waals surface area (Å²) in [5.74, 6) is -1.30. The SMILES string of the molecule is N[C@@H](Cn1c(=O)n(Cc2ccsc2P(=O)(O)O)c(=O)c2cscc21)C(=O)O. The van der Waals surface area contributed by atoms with E-state index in [1.165, 1.54) is 28.2 Å². The van der Waals surface area contributed by atoms with Crippen LogP contribution in [0.1, 0.15) is 5.56 Å². The van der Waals surface area contributed by atoms with Crippen LogP contribution in [0.25, 0.3) is 10.9 Å². The second kappa shape index (κ2) is 7.15. The Bertz CT molecular complexity index is 1190. The Morgan fingerprint density at radius 1 is 1.26 bits per heavy atom. The number of thiophene rings is 2. The summed E-state index contributed by atoms with van der Waals surface area (Å²) in [7, 11) is -4.56. The minimum atomic E-state index is -4.56. The van der Waals surface area contributed by atoms with E-state index in [1.807, 2.05) is 0 Å². The van der Waals surface area contributed by atoms with E-state index in [4.69, 9.17) is 10.8 Å². The van der Waals surface area contributed by atoms with Crippen LogP contribution in [0.4, 0.5) is 0 Å². The number of nitrogens with zero attached hydrogens (tertiary/aromatic N) is 2. The minimum Gasteiger partial charge on any atom is -0.480 e. The highest BCUT2D eigenvalue weighted by Crippen LogP contribution is 2.37. The third-order valence-corrected chi connectivity index (χ3v) is 7.22. The van der Waals surface area contributed by atoms with Gasteiger partial charge in [-0.3, -0.25) is 23.3 Å². The quantitative estimate of drug-likeness (QED) is 0.381. The van der Waals surface area contributed by atoms with E-state index in [2.05, 4.69) is 0 Å². The van der Waals surface area contributed by atoms with Gasteiger partial charge >= 0.3 is 19.3 Å². The highest BCUT2D eigenvalue weighted by Gasteiger charge is 2.25. The molecular formula is C14H14N3O7PS2. The van der Waals surface area contributed by atoms with Crippen molar-refractivity contribution in [2.75, 3.05) is 0 Å². The molecule has 0 saturated carbocycles. The molecule has 0 bridgehead atoms. The lowest BCUT2D eigenvalue weighted by Gasteiger charge is -2.14. The smallest absolute Gasteiger partial charge is 0.366 e. The van der Waals surface area contributed by atoms with Gasteiger partial charge in [0.05, 0.1) is 24.0 Å². The molecule has 0 aliphatic heterocycles. The summed E-state index contributed by atoms with van der Waals surface area (Å²) in [6, 6.07) is 0.0689. The molecule has 13 heteroatoms. The van der Waals surface area contributed by atoms with Crippen LogP contribution < -0.4 is 21.6 Å². The monoisotopic (exact) mass is 431 g/mol. The molecule has 0 aliphatic carbocycles. The van der Waals surface area contributed by atoms with Gasteiger partial charge in [-0.25, -0.2) is 4.79 Å². The Morgan fingerprint density at radius 3 is 2.59 bits per heavy atom. The van der Waals surface area contributed by atoms with Gasteiger partial charge in [-0.05, 0) is 17.0 Å². The van der Waals surface area contributed by atoms with E-state index in [-0.39, 0.29) is 34.2 Å². The lowest BCUT2D eigenvalue weighted by Crippen LogP contribution is -2.44. The summed E-state index contributed by atoms with van der Waals surface area (Å²) in [4.78, 5) is 55.4. The number of hydrogen-bond donors (Lipinski definition) is 4. The van der Waals surface area contributed by atoms with Crippen molar-refractivity contribution in [2.24, 2.45) is 5.73 Å². The predicted molar refractivity (Wildman–Crippen MR) is 101 cm³/mol. The molecule has 0 aliphatic rings. The molecular weight excluding hydrogens is 417 g/mol. The second-order valence-corrected chi connectivity index (χ2v) is 9.19. The number of fused-ring (bicyclic) bond motifs is 1. The Balaban J connectivity index is 2.18. The third kappa shape index (κ3) is 3.68. The molecule has 3 aromatic rings. The Kier molecular flexibility index (Phi) is 5.21. The normalized spacial score (nSPS) is 13.1. The zero-order valence-electron chi connectivity index (χ0n) is 13.5. The van der Waals surface area contributed by atoms with Gasteiger partial charge in [0.2, 0.25) is 0 Å². The number of carboxylic acid groups (broad SMARTS) is 1. The number of aromatic nitrogens is 2. The van der Waals surface area contributed by atoms with Crippen molar-refractivity contribution in [3.8, 4) is 0 Å². The molecule has 0 fully saturated rings. The van der Waals surface area contributed by atoms with Gasteiger partial charge in [0, 0.05) is 10.8 Å². The summed E-state index contributed by atoms with van der Waals surface area (Å²) in [5.41, 5.74) is 4.53. The predicted octanol–water partition coefficient (Wildman–Crippen LogP) is -0.451. The summed E-state index contributed by atoms with van der Waals surface area (Å²) < 4.78 is 13.3. The standard InChI is InChI=1S/C14H14N3O7PS2/c15-9(12(19)20)4-16-10-6-26-5-8(10)11(18)17(14(16)21)3-7-1-2-27-13(7)25(22,23)24/h1-2,5-6,9H,3-4,15H2,(H,19,20)(H2,22,23,24)/t9-/m0/s1. The van der Waals surface area contributed by atoms with Crippen LogP contribution >= 0.6 is 30.3 Å². The van der Waals surface area contributed by atoms with Crippen molar-refractivity contribution in [2.45, 2.75) is 19.1 Å². The molecule has 0 unspecified atom stereocenters. The fourth-order valence-electron chi connectivity index (χ4n) is 2.61. The van der Waals surface area contributed by atoms with E-state index in [9.17, 15) is 28.7 Å². The number of carboxylic acids is 1. The van der Waals surface area contributed by atoms with Gasteiger partial charge < -0.3 is 20.6 Å². The molecule has 1 atom stereocenters. The molecule has 0 aromatic carbocycles. The van der Waals surface area contributed by atoms with E-state index >= 15 is 0 Å². The van der Waals surface area contributed by atoms with Crippen molar-refractivity contribution < 1.29 is 24.3 Å². The lowest BCUT2D eigenvalue weighted by molar-refractivity contribution is -0.138. The molecule has 144 valence electrons. The number of hydrogen-bond acceptors (Lipinski definition) is 7. The Hall–Kier alpha value is -2.08. The number of nitrogens with two attached hydrogens (primary N) is 1. The minimum absolute atomic E-state index is 0.149. The molecule has 0 spiro atoms. The highest BCUT2D eigenvalue weighted by molar-refractivity contribution is 7.67. The first-order valence-corrected chi connectivity index (χ1v) is 10.8. The molecule has 0 saturated heterocycles. The van der Waals surface area contributed by atoms with E-state index < -0.39 is 30.9 Å². The molecule has 3 aromatic heterocycles. The van der Waals surface area contributed by atoms with Gasteiger partial charge in [-0.15, -0.1) is 22.7 Å². The summed E-state index contributed by atoms with van der Waals surface area (Å²) >= 11 is 1.99. The Labute approximate surface area is 158 Å². The largest absolute Gasteiger partial charge is 0.480 e. The Morgan fingerprint density at radius 2 is 1.96 bits per heavy atom. The van der Waals surface area contributed by atoms with Gasteiger partial charge in [0.15, 0.2) is 0 Å². The molecule has 0 amide bonds. The molecule has 3 heterocycles. The topological polar surface area (TPSA) is 165 Å². The van der Waals surface area contributed by atoms with Crippen LogP contribution in [0.2, 0.25) is 0 Å². The van der Waals surface area contributed by atoms with Crippen molar-refractivity contribution in [3.63, 3.8) is 0 Å². The number of aliphatic carboxylic acids is 1. The van der Waals surface area contributed by atoms with Crippen LogP contribution in [0.15, 0.2) is 31.8 Å². The molecule has 3 rings (SSSR count). The van der Waals surface area contributed by atoms with E-state index in [0.717, 1.165) is 20.5 Å². The third-order valence-electron chi connectivity index (χ3n) is 3.88. The maximum absolute atomic E-state index is 12.8. The van der Waals surface area contributed by atoms with Crippen LogP contribution in [-0.4, -0.2) is 36.0 Å². The first kappa shape index (κ1) is 19.7. The van der Waals surface area contributed by atoms with Gasteiger partial charge in [0.1, 0.15) is 10.7 Å². The fourth-order valence-corrected chi connectivity index (χ4v) is 5.31. The average Bonchev–Trinajstić information content (AvgIpc) is 3.23. The van der Waals surface area contributed by atoms with Crippen LogP contribution in [0, 0.1) is 0 Å². The van der Waals surface area contributed by atoms with Crippen LogP contribution in [-0.2, 0) is 22.4 Å². The first-order valence-electron chi connectivity index (χ1n) is 7.41. The first-order chi connectivity index (χ1) is 12.6. The van der Waals surface area contributed by atoms with Gasteiger partial charge in [0.25, 0.3) is 5.56 Å². The van der Waals surface area contributed by atoms with Crippen molar-refractivity contribution in [1.29, 1.82) is 0 Å². The zero-order chi connectivity index (χ0) is 19.9. The molecule has 5 N–H and O–H groups in total. The van der Waals surface area contributed by atoms with Crippen LogP contribution in [0.3, 0.4) is 0 Å². The van der Waals surface area contributed by atoms with Crippen molar-refractivity contribution in [3.05, 3.63) is 48.6 Å². The summed E-state index contributed by atoms with van der Waals surface area (Å²) in [5, 5.41) is 13.7. The average molecular weight is 431 g/mol. The molecule has 10 nitrogen and oxygen atoms in total. The van der Waals surface area contributed by atoms with Crippen molar-refractivity contribution in [1.82, 2.24) is 9.13 Å². The second-order valence-electron chi connectivity index (χ2n) is 5.69. The lowest BCUT2D eigenvalue weighted by atomic mass is 10.3. The molecule has 0 radical (unpaired) electrons. The van der Waals surface area contributed by atoms with Gasteiger partial charge in [-0.1, -0.05) is 0 Å². The zero-order valence-corrected chi connectivity index (χ0v) is 16.0. The maximum atomic E-state index is 12.8. The van der Waals surface area contributed by atoms with Gasteiger partial charge in [-0.2, -0.15) is 0 Å². The fraction of sp³-hybridized carbons (Fsp3) is 0.214. The maximum Gasteiger partial charge on any atom is 0.366 e. The summed E-state index contributed by atoms with van der Waals surface area (Å²) in [6.07, 6.45) is 0. The van der Waals surface area contributed by atoms with E-state index in [1.54, 1.807) is 5.38 Å². The number of rotatable bonds is 6. The van der Waals surface area contributed by atoms with E-state index in [0.29, 0.717) is 0 Å². The summed E-state index contributed by atoms with van der Waals surface area (Å²) in [6.45, 7) is -0.702. The van der Waals surface area contributed by atoms with Crippen molar-refractivity contribution >= 4 is 51.8 Å². The number of carbonyl (C=O) groups is 1. The highest BCUT2D eigenvalue weighted by atomic mass is 32.1. The molecule has 27 heavy (non-hydrogen) atoms.